The van der Waals surface area contributed by atoms with Gasteiger partial charge in [0, 0.05) is 6.08 Å². The van der Waals surface area contributed by atoms with Gasteiger partial charge >= 0.3 is 17.9 Å². The summed E-state index contributed by atoms with van der Waals surface area (Å²) < 4.78 is 15.1. The maximum atomic E-state index is 11.9. The molecular weight excluding hydrogens is 288 g/mol. The van der Waals surface area contributed by atoms with Crippen LogP contribution in [0.4, 0.5) is 0 Å². The Morgan fingerprint density at radius 3 is 1.68 bits per heavy atom. The van der Waals surface area contributed by atoms with Gasteiger partial charge in [-0.15, -0.1) is 0 Å². The molecular formula is C16H26O6. The van der Waals surface area contributed by atoms with Crippen LogP contribution in [0.15, 0.2) is 11.6 Å². The van der Waals surface area contributed by atoms with Gasteiger partial charge in [-0.2, -0.15) is 0 Å². The van der Waals surface area contributed by atoms with Gasteiger partial charge in [-0.3, -0.25) is 0 Å². The second kappa shape index (κ2) is 8.56. The van der Waals surface area contributed by atoms with Crippen molar-refractivity contribution < 1.29 is 28.6 Å². The van der Waals surface area contributed by atoms with Crippen LogP contribution in [-0.4, -0.2) is 35.7 Å². The highest BCUT2D eigenvalue weighted by molar-refractivity contribution is 6.17. The highest BCUT2D eigenvalue weighted by Gasteiger charge is 2.27. The molecule has 0 amide bonds. The van der Waals surface area contributed by atoms with Crippen LogP contribution in [-0.2, 0) is 28.6 Å². The summed E-state index contributed by atoms with van der Waals surface area (Å²) >= 11 is 0. The zero-order valence-corrected chi connectivity index (χ0v) is 14.4. The number of hydrogen-bond donors (Lipinski definition) is 0. The van der Waals surface area contributed by atoms with Crippen LogP contribution in [0.5, 0.6) is 0 Å². The van der Waals surface area contributed by atoms with Gasteiger partial charge in [0.1, 0.15) is 5.60 Å². The van der Waals surface area contributed by atoms with E-state index in [0.29, 0.717) is 6.42 Å². The molecule has 0 radical (unpaired) electrons. The second-order valence-corrected chi connectivity index (χ2v) is 6.00. The molecule has 22 heavy (non-hydrogen) atoms. The van der Waals surface area contributed by atoms with Crippen molar-refractivity contribution in [2.75, 3.05) is 0 Å². The zero-order chi connectivity index (χ0) is 17.5. The fraction of sp³-hybridized carbons (Fsp3) is 0.688. The van der Waals surface area contributed by atoms with Gasteiger partial charge in [0.25, 0.3) is 0 Å². The van der Waals surface area contributed by atoms with Crippen LogP contribution in [0.1, 0.15) is 54.9 Å². The van der Waals surface area contributed by atoms with Crippen molar-refractivity contribution in [2.24, 2.45) is 0 Å². The molecule has 0 aliphatic carbocycles. The maximum absolute atomic E-state index is 11.9. The number of rotatable bonds is 7. The smallest absolute Gasteiger partial charge is 0.346 e. The van der Waals surface area contributed by atoms with Crippen molar-refractivity contribution in [1.29, 1.82) is 0 Å². The summed E-state index contributed by atoms with van der Waals surface area (Å²) in [5.74, 6) is -2.61. The van der Waals surface area contributed by atoms with Crippen molar-refractivity contribution in [3.8, 4) is 0 Å². The largest absolute Gasteiger partial charge is 0.459 e. The second-order valence-electron chi connectivity index (χ2n) is 6.00. The van der Waals surface area contributed by atoms with Crippen molar-refractivity contribution in [2.45, 2.75) is 72.7 Å². The van der Waals surface area contributed by atoms with Crippen LogP contribution in [0, 0.1) is 0 Å². The van der Waals surface area contributed by atoms with E-state index in [1.165, 1.54) is 0 Å². The Morgan fingerprint density at radius 2 is 1.36 bits per heavy atom. The maximum Gasteiger partial charge on any atom is 0.346 e. The molecule has 126 valence electrons. The highest BCUT2D eigenvalue weighted by Crippen LogP contribution is 2.15. The molecule has 0 fully saturated rings. The Kier molecular flexibility index (Phi) is 7.84. The molecule has 0 rings (SSSR count). The Balaban J connectivity index is 5.29. The standard InChI is InChI=1S/C16H26O6/c1-8-16(6,7)22-13(17)9-12(14(18)20-10(2)3)15(19)21-11(4)5/h9-11H,8H2,1-7H3. The number of hydrogen-bond acceptors (Lipinski definition) is 6. The minimum absolute atomic E-state index is 0.425. The van der Waals surface area contributed by atoms with E-state index < -0.39 is 41.3 Å². The molecule has 0 aliphatic heterocycles. The SMILES string of the molecule is CCC(C)(C)OC(=O)C=C(C(=O)OC(C)C)C(=O)OC(C)C. The lowest BCUT2D eigenvalue weighted by molar-refractivity contribution is -0.155. The minimum atomic E-state index is -0.910. The third kappa shape index (κ3) is 7.81. The topological polar surface area (TPSA) is 78.9 Å². The summed E-state index contributed by atoms with van der Waals surface area (Å²) in [6.45, 7) is 11.9. The molecule has 0 heterocycles. The molecule has 0 aliphatic rings. The normalized spacial score (nSPS) is 11.1. The van der Waals surface area contributed by atoms with Crippen molar-refractivity contribution >= 4 is 17.9 Å². The first kappa shape index (κ1) is 20.1. The quantitative estimate of drug-likeness (QED) is 0.236. The molecule has 0 aromatic rings. The molecule has 0 bridgehead atoms. The Labute approximate surface area is 131 Å². The van der Waals surface area contributed by atoms with E-state index in [4.69, 9.17) is 14.2 Å². The first-order chi connectivity index (χ1) is 9.98. The monoisotopic (exact) mass is 314 g/mol. The molecule has 0 saturated carbocycles. The third-order valence-electron chi connectivity index (χ3n) is 2.62. The van der Waals surface area contributed by atoms with E-state index >= 15 is 0 Å². The minimum Gasteiger partial charge on any atom is -0.459 e. The summed E-state index contributed by atoms with van der Waals surface area (Å²) in [5.41, 5.74) is -1.16. The van der Waals surface area contributed by atoms with Crippen LogP contribution in [0.2, 0.25) is 0 Å². The molecule has 0 spiro atoms. The molecule has 0 unspecified atom stereocenters. The first-order valence-corrected chi connectivity index (χ1v) is 7.35. The lowest BCUT2D eigenvalue weighted by Crippen LogP contribution is -2.28. The predicted molar refractivity (Wildman–Crippen MR) is 81.0 cm³/mol. The zero-order valence-electron chi connectivity index (χ0n) is 14.4. The molecule has 6 nitrogen and oxygen atoms in total. The van der Waals surface area contributed by atoms with Gasteiger partial charge in [-0.05, 0) is 48.0 Å². The lowest BCUT2D eigenvalue weighted by atomic mass is 10.1. The number of carbonyl (C=O) groups excluding carboxylic acids is 3. The van der Waals surface area contributed by atoms with Crippen molar-refractivity contribution in [1.82, 2.24) is 0 Å². The van der Waals surface area contributed by atoms with Crippen molar-refractivity contribution in [3.05, 3.63) is 11.6 Å². The van der Waals surface area contributed by atoms with Crippen LogP contribution in [0.25, 0.3) is 0 Å². The van der Waals surface area contributed by atoms with Gasteiger partial charge in [-0.25, -0.2) is 14.4 Å². The highest BCUT2D eigenvalue weighted by atomic mass is 16.6. The van der Waals surface area contributed by atoms with Crippen molar-refractivity contribution in [3.63, 3.8) is 0 Å². The summed E-state index contributed by atoms with van der Waals surface area (Å²) in [7, 11) is 0. The van der Waals surface area contributed by atoms with E-state index in [9.17, 15) is 14.4 Å². The van der Waals surface area contributed by atoms with Gasteiger partial charge in [0.05, 0.1) is 12.2 Å². The summed E-state index contributed by atoms with van der Waals surface area (Å²) in [6.07, 6.45) is 0.568. The lowest BCUT2D eigenvalue weighted by Gasteiger charge is -2.22. The van der Waals surface area contributed by atoms with Crippen LogP contribution < -0.4 is 0 Å². The average Bonchev–Trinajstić information content (AvgIpc) is 2.33. The predicted octanol–water partition coefficient (Wildman–Crippen LogP) is 2.55. The summed E-state index contributed by atoms with van der Waals surface area (Å²) in [5, 5.41) is 0. The van der Waals surface area contributed by atoms with E-state index in [0.717, 1.165) is 6.08 Å². The fourth-order valence-electron chi connectivity index (χ4n) is 1.25. The average molecular weight is 314 g/mol. The first-order valence-electron chi connectivity index (χ1n) is 7.35. The van der Waals surface area contributed by atoms with E-state index in [1.807, 2.05) is 6.92 Å². The van der Waals surface area contributed by atoms with Crippen LogP contribution >= 0.6 is 0 Å². The summed E-state index contributed by atoms with van der Waals surface area (Å²) in [4.78, 5) is 35.8. The van der Waals surface area contributed by atoms with Crippen LogP contribution in [0.3, 0.4) is 0 Å². The molecule has 0 saturated heterocycles. The van der Waals surface area contributed by atoms with Gasteiger partial charge in [0.15, 0.2) is 5.57 Å². The molecule has 0 aromatic carbocycles. The third-order valence-corrected chi connectivity index (χ3v) is 2.62. The summed E-state index contributed by atoms with van der Waals surface area (Å²) in [6, 6.07) is 0. The Hall–Kier alpha value is -1.85. The van der Waals surface area contributed by atoms with E-state index in [2.05, 4.69) is 0 Å². The van der Waals surface area contributed by atoms with Gasteiger partial charge in [-0.1, -0.05) is 6.92 Å². The number of esters is 3. The van der Waals surface area contributed by atoms with E-state index in [1.54, 1.807) is 41.5 Å². The molecule has 0 N–H and O–H groups in total. The number of ether oxygens (including phenoxy) is 3. The molecule has 6 heteroatoms. The molecule has 0 aromatic heterocycles. The fourth-order valence-corrected chi connectivity index (χ4v) is 1.25. The Bertz CT molecular complexity index is 422. The van der Waals surface area contributed by atoms with Gasteiger partial charge in [0.2, 0.25) is 0 Å². The Morgan fingerprint density at radius 1 is 0.955 bits per heavy atom. The van der Waals surface area contributed by atoms with E-state index in [-0.39, 0.29) is 0 Å². The van der Waals surface area contributed by atoms with Gasteiger partial charge < -0.3 is 14.2 Å². The number of carbonyl (C=O) groups is 3. The molecule has 0 atom stereocenters.